The minimum Gasteiger partial charge on any atom is -0.342 e. The van der Waals surface area contributed by atoms with Crippen molar-refractivity contribution >= 4 is 15.9 Å². The summed E-state index contributed by atoms with van der Waals surface area (Å²) in [7, 11) is -1.73. The highest BCUT2D eigenvalue weighted by Crippen LogP contribution is 2.29. The Kier molecular flexibility index (Phi) is 6.71. The van der Waals surface area contributed by atoms with Crippen LogP contribution in [-0.4, -0.2) is 74.2 Å². The largest absolute Gasteiger partial charge is 0.342 e. The molecule has 1 amide bonds. The van der Waals surface area contributed by atoms with Crippen LogP contribution >= 0.6 is 0 Å². The molecule has 0 aromatic heterocycles. The highest BCUT2D eigenvalue weighted by molar-refractivity contribution is 7.89. The number of benzene rings is 1. The van der Waals surface area contributed by atoms with Gasteiger partial charge in [0.1, 0.15) is 0 Å². The van der Waals surface area contributed by atoms with Crippen LogP contribution in [-0.2, 0) is 14.8 Å². The van der Waals surface area contributed by atoms with Crippen molar-refractivity contribution in [3.05, 3.63) is 28.3 Å². The van der Waals surface area contributed by atoms with Gasteiger partial charge in [0.25, 0.3) is 0 Å². The molecule has 0 spiro atoms. The van der Waals surface area contributed by atoms with E-state index in [1.807, 2.05) is 52.5 Å². The van der Waals surface area contributed by atoms with Crippen molar-refractivity contribution in [2.24, 2.45) is 0 Å². The molecule has 1 fully saturated rings. The number of hydrogen-bond acceptors (Lipinski definition) is 4. The summed E-state index contributed by atoms with van der Waals surface area (Å²) in [5.41, 5.74) is 3.65. The molecule has 0 aliphatic carbocycles. The van der Waals surface area contributed by atoms with Gasteiger partial charge in [0, 0.05) is 39.3 Å². The van der Waals surface area contributed by atoms with Crippen molar-refractivity contribution in [3.63, 3.8) is 0 Å². The van der Waals surface area contributed by atoms with Crippen molar-refractivity contribution in [1.29, 1.82) is 0 Å². The molecule has 0 unspecified atom stereocenters. The summed E-state index contributed by atoms with van der Waals surface area (Å²) in [6, 6.07) is 2.20. The molecule has 1 aliphatic rings. The summed E-state index contributed by atoms with van der Waals surface area (Å²) in [5, 5.41) is 0. The van der Waals surface area contributed by atoms with Crippen LogP contribution < -0.4 is 0 Å². The molecule has 0 radical (unpaired) electrons. The second-order valence-corrected chi connectivity index (χ2v) is 9.74. The van der Waals surface area contributed by atoms with E-state index < -0.39 is 10.0 Å². The molecule has 1 aliphatic heterocycles. The molecule has 27 heavy (non-hydrogen) atoms. The van der Waals surface area contributed by atoms with Gasteiger partial charge in [-0.2, -0.15) is 4.31 Å². The smallest absolute Gasteiger partial charge is 0.243 e. The van der Waals surface area contributed by atoms with E-state index in [-0.39, 0.29) is 11.9 Å². The van der Waals surface area contributed by atoms with E-state index in [1.54, 1.807) is 16.3 Å². The van der Waals surface area contributed by atoms with Crippen molar-refractivity contribution < 1.29 is 13.2 Å². The van der Waals surface area contributed by atoms with Gasteiger partial charge in [-0.3, -0.25) is 9.69 Å². The van der Waals surface area contributed by atoms with Crippen LogP contribution in [0.1, 0.15) is 36.1 Å². The van der Waals surface area contributed by atoms with Gasteiger partial charge in [0.2, 0.25) is 15.9 Å². The predicted molar refractivity (Wildman–Crippen MR) is 108 cm³/mol. The summed E-state index contributed by atoms with van der Waals surface area (Å²) < 4.78 is 28.1. The molecule has 1 aromatic rings. The van der Waals surface area contributed by atoms with Crippen LogP contribution in [0.25, 0.3) is 0 Å². The number of piperazine rings is 1. The summed E-state index contributed by atoms with van der Waals surface area (Å²) in [6.07, 6.45) is 0. The lowest BCUT2D eigenvalue weighted by molar-refractivity contribution is -0.132. The molecule has 152 valence electrons. The Labute approximate surface area is 164 Å². The number of likely N-dealkylation sites (N-methyl/N-ethyl adjacent to an activating group) is 1. The fourth-order valence-corrected chi connectivity index (χ4v) is 5.41. The standard InChI is InChI=1S/C20H33N3O3S/c1-14(2)21(7)19(24)13-22-8-10-23(11-9-22)27(25,26)20-17(5)15(3)12-16(4)18(20)6/h12,14H,8-11,13H2,1-7H3. The summed E-state index contributed by atoms with van der Waals surface area (Å²) in [5.74, 6) is 0.0716. The summed E-state index contributed by atoms with van der Waals surface area (Å²) in [4.78, 5) is 16.5. The average Bonchev–Trinajstić information content (AvgIpc) is 2.59. The third-order valence-corrected chi connectivity index (χ3v) is 7.93. The first-order valence-corrected chi connectivity index (χ1v) is 11.0. The van der Waals surface area contributed by atoms with Crippen molar-refractivity contribution in [1.82, 2.24) is 14.1 Å². The Hall–Kier alpha value is -1.44. The van der Waals surface area contributed by atoms with Crippen LogP contribution in [0.5, 0.6) is 0 Å². The molecule has 2 rings (SSSR count). The quantitative estimate of drug-likeness (QED) is 0.766. The second kappa shape index (κ2) is 8.29. The molecule has 0 saturated carbocycles. The maximum atomic E-state index is 13.3. The zero-order valence-electron chi connectivity index (χ0n) is 17.7. The van der Waals surface area contributed by atoms with Gasteiger partial charge >= 0.3 is 0 Å². The van der Waals surface area contributed by atoms with Crippen molar-refractivity contribution in [2.75, 3.05) is 39.8 Å². The van der Waals surface area contributed by atoms with E-state index in [2.05, 4.69) is 0 Å². The van der Waals surface area contributed by atoms with Crippen molar-refractivity contribution in [3.8, 4) is 0 Å². The van der Waals surface area contributed by atoms with Gasteiger partial charge in [-0.1, -0.05) is 6.07 Å². The number of carbonyl (C=O) groups is 1. The fraction of sp³-hybridized carbons (Fsp3) is 0.650. The van der Waals surface area contributed by atoms with Gasteiger partial charge in [-0.15, -0.1) is 0 Å². The summed E-state index contributed by atoms with van der Waals surface area (Å²) in [6.45, 7) is 13.9. The Balaban J connectivity index is 2.13. The minimum atomic E-state index is -3.54. The monoisotopic (exact) mass is 395 g/mol. The number of hydrogen-bond donors (Lipinski definition) is 0. The first kappa shape index (κ1) is 21.9. The second-order valence-electron chi connectivity index (χ2n) is 7.87. The Bertz CT molecular complexity index is 784. The van der Waals surface area contributed by atoms with E-state index >= 15 is 0 Å². The van der Waals surface area contributed by atoms with Gasteiger partial charge in [0.15, 0.2) is 0 Å². The molecule has 0 atom stereocenters. The van der Waals surface area contributed by atoms with E-state index in [4.69, 9.17) is 0 Å². The van der Waals surface area contributed by atoms with Crippen LogP contribution in [0.15, 0.2) is 11.0 Å². The highest BCUT2D eigenvalue weighted by atomic mass is 32.2. The predicted octanol–water partition coefficient (Wildman–Crippen LogP) is 2.09. The lowest BCUT2D eigenvalue weighted by Gasteiger charge is -2.35. The zero-order chi connectivity index (χ0) is 20.5. The van der Waals surface area contributed by atoms with Gasteiger partial charge in [0.05, 0.1) is 11.4 Å². The van der Waals surface area contributed by atoms with Crippen LogP contribution in [0.4, 0.5) is 0 Å². The maximum Gasteiger partial charge on any atom is 0.243 e. The van der Waals surface area contributed by atoms with Crippen LogP contribution in [0.2, 0.25) is 0 Å². The molecule has 1 saturated heterocycles. The molecule has 7 heteroatoms. The number of sulfonamides is 1. The van der Waals surface area contributed by atoms with Gasteiger partial charge < -0.3 is 4.90 Å². The number of carbonyl (C=O) groups excluding carboxylic acids is 1. The van der Waals surface area contributed by atoms with Crippen molar-refractivity contribution in [2.45, 2.75) is 52.5 Å². The molecule has 0 N–H and O–H groups in total. The lowest BCUT2D eigenvalue weighted by atomic mass is 10.0. The van der Waals surface area contributed by atoms with Gasteiger partial charge in [-0.05, 0) is 63.8 Å². The topological polar surface area (TPSA) is 60.9 Å². The molecule has 1 heterocycles. The Morgan fingerprint density at radius 1 is 1.04 bits per heavy atom. The minimum absolute atomic E-state index is 0.0716. The molecular formula is C20H33N3O3S. The zero-order valence-corrected chi connectivity index (χ0v) is 18.5. The molecular weight excluding hydrogens is 362 g/mol. The maximum absolute atomic E-state index is 13.3. The Morgan fingerprint density at radius 3 is 1.96 bits per heavy atom. The van der Waals surface area contributed by atoms with E-state index in [0.717, 1.165) is 22.3 Å². The Morgan fingerprint density at radius 2 is 1.52 bits per heavy atom. The SMILES string of the molecule is Cc1cc(C)c(C)c(S(=O)(=O)N2CCN(CC(=O)N(C)C(C)C)CC2)c1C. The number of nitrogens with zero attached hydrogens (tertiary/aromatic N) is 3. The summed E-state index contributed by atoms with van der Waals surface area (Å²) >= 11 is 0. The highest BCUT2D eigenvalue weighted by Gasteiger charge is 2.32. The molecule has 6 nitrogen and oxygen atoms in total. The first-order valence-electron chi connectivity index (χ1n) is 9.52. The number of amides is 1. The van der Waals surface area contributed by atoms with E-state index in [0.29, 0.717) is 37.6 Å². The number of aryl methyl sites for hydroxylation is 2. The average molecular weight is 396 g/mol. The van der Waals surface area contributed by atoms with Crippen LogP contribution in [0, 0.1) is 27.7 Å². The normalized spacial score (nSPS) is 16.7. The van der Waals surface area contributed by atoms with Crippen LogP contribution in [0.3, 0.4) is 0 Å². The third kappa shape index (κ3) is 4.52. The molecule has 0 bridgehead atoms. The lowest BCUT2D eigenvalue weighted by Crippen LogP contribution is -2.51. The van der Waals surface area contributed by atoms with Gasteiger partial charge in [-0.25, -0.2) is 8.42 Å². The number of rotatable bonds is 5. The van der Waals surface area contributed by atoms with E-state index in [9.17, 15) is 13.2 Å². The third-order valence-electron chi connectivity index (χ3n) is 5.75. The fourth-order valence-electron chi connectivity index (χ4n) is 3.42. The van der Waals surface area contributed by atoms with E-state index in [1.165, 1.54) is 0 Å². The molecule has 1 aromatic carbocycles. The first-order chi connectivity index (χ1) is 12.5.